The minimum Gasteiger partial charge on any atom is -0.356 e. The molecule has 0 saturated carbocycles. The summed E-state index contributed by atoms with van der Waals surface area (Å²) in [4.78, 5) is 16.2. The fourth-order valence-electron chi connectivity index (χ4n) is 1.94. The van der Waals surface area contributed by atoms with Gasteiger partial charge in [-0.1, -0.05) is 13.8 Å². The minimum absolute atomic E-state index is 0.186. The van der Waals surface area contributed by atoms with Crippen LogP contribution in [0.1, 0.15) is 39.5 Å². The minimum atomic E-state index is 0.186. The second-order valence-electron chi connectivity index (χ2n) is 5.10. The summed E-state index contributed by atoms with van der Waals surface area (Å²) in [6.45, 7) is 9.27. The van der Waals surface area contributed by atoms with Crippen molar-refractivity contribution in [1.82, 2.24) is 15.1 Å². The van der Waals surface area contributed by atoms with Crippen molar-refractivity contribution in [2.45, 2.75) is 39.5 Å². The molecule has 0 fully saturated rings. The summed E-state index contributed by atoms with van der Waals surface area (Å²) in [6.07, 6.45) is 3.96. The van der Waals surface area contributed by atoms with E-state index in [0.29, 0.717) is 6.42 Å². The molecular weight excluding hydrogens is 226 g/mol. The van der Waals surface area contributed by atoms with Gasteiger partial charge in [-0.2, -0.15) is 0 Å². The molecule has 0 aromatic carbocycles. The topological polar surface area (TPSA) is 35.6 Å². The number of amides is 1. The van der Waals surface area contributed by atoms with Crippen LogP contribution >= 0.6 is 0 Å². The zero-order valence-corrected chi connectivity index (χ0v) is 12.7. The quantitative estimate of drug-likeness (QED) is 0.571. The molecule has 0 aliphatic carbocycles. The summed E-state index contributed by atoms with van der Waals surface area (Å²) in [5.41, 5.74) is 0. The Kier molecular flexibility index (Phi) is 11.1. The maximum absolute atomic E-state index is 11.6. The van der Waals surface area contributed by atoms with Gasteiger partial charge >= 0.3 is 0 Å². The summed E-state index contributed by atoms with van der Waals surface area (Å²) in [6, 6.07) is 0. The predicted octanol–water partition coefficient (Wildman–Crippen LogP) is 1.57. The van der Waals surface area contributed by atoms with E-state index >= 15 is 0 Å². The first kappa shape index (κ1) is 17.4. The second-order valence-corrected chi connectivity index (χ2v) is 5.10. The van der Waals surface area contributed by atoms with E-state index in [1.165, 1.54) is 0 Å². The van der Waals surface area contributed by atoms with Crippen LogP contribution in [-0.4, -0.2) is 62.5 Å². The highest BCUT2D eigenvalue weighted by Gasteiger charge is 2.06. The molecule has 0 unspecified atom stereocenters. The molecule has 0 radical (unpaired) electrons. The summed E-state index contributed by atoms with van der Waals surface area (Å²) in [7, 11) is 4.10. The van der Waals surface area contributed by atoms with Crippen molar-refractivity contribution in [3.8, 4) is 0 Å². The third-order valence-corrected chi connectivity index (χ3v) is 2.84. The molecule has 0 bridgehead atoms. The number of rotatable bonds is 11. The van der Waals surface area contributed by atoms with Crippen molar-refractivity contribution in [2.75, 3.05) is 46.8 Å². The Hall–Kier alpha value is -0.610. The van der Waals surface area contributed by atoms with Gasteiger partial charge < -0.3 is 15.1 Å². The molecule has 0 rings (SSSR count). The number of nitrogens with zero attached hydrogens (tertiary/aromatic N) is 2. The lowest BCUT2D eigenvalue weighted by molar-refractivity contribution is -0.121. The summed E-state index contributed by atoms with van der Waals surface area (Å²) in [5.74, 6) is 0.186. The van der Waals surface area contributed by atoms with E-state index < -0.39 is 0 Å². The molecule has 0 heterocycles. The number of hydrogen-bond acceptors (Lipinski definition) is 3. The first-order valence-electron chi connectivity index (χ1n) is 7.23. The van der Waals surface area contributed by atoms with E-state index in [1.807, 2.05) is 0 Å². The Balaban J connectivity index is 3.60. The van der Waals surface area contributed by atoms with Crippen LogP contribution in [0.3, 0.4) is 0 Å². The molecular formula is C14H31N3O. The SMILES string of the molecule is CCCN(CCC)CCC(=O)NCCCN(C)C. The number of hydrogen-bond donors (Lipinski definition) is 1. The number of carbonyl (C=O) groups is 1. The van der Waals surface area contributed by atoms with Gasteiger partial charge in [-0.3, -0.25) is 4.79 Å². The summed E-state index contributed by atoms with van der Waals surface area (Å²) in [5, 5.41) is 2.99. The van der Waals surface area contributed by atoms with Gasteiger partial charge in [0.05, 0.1) is 0 Å². The van der Waals surface area contributed by atoms with Crippen molar-refractivity contribution in [2.24, 2.45) is 0 Å². The standard InChI is InChI=1S/C14H31N3O/c1-5-10-17(11-6-2)13-8-14(18)15-9-7-12-16(3)4/h5-13H2,1-4H3,(H,15,18). The van der Waals surface area contributed by atoms with Crippen molar-refractivity contribution in [1.29, 1.82) is 0 Å². The zero-order chi connectivity index (χ0) is 13.8. The van der Waals surface area contributed by atoms with Gasteiger partial charge in [0.15, 0.2) is 0 Å². The zero-order valence-electron chi connectivity index (χ0n) is 12.7. The van der Waals surface area contributed by atoms with Crippen LogP contribution in [-0.2, 0) is 4.79 Å². The van der Waals surface area contributed by atoms with Crippen LogP contribution in [0.4, 0.5) is 0 Å². The van der Waals surface area contributed by atoms with Crippen LogP contribution in [0, 0.1) is 0 Å². The van der Waals surface area contributed by atoms with E-state index in [9.17, 15) is 4.79 Å². The summed E-state index contributed by atoms with van der Waals surface area (Å²) >= 11 is 0. The van der Waals surface area contributed by atoms with Crippen LogP contribution in [0.15, 0.2) is 0 Å². The van der Waals surface area contributed by atoms with Crippen molar-refractivity contribution in [3.63, 3.8) is 0 Å². The highest BCUT2D eigenvalue weighted by molar-refractivity contribution is 5.75. The maximum atomic E-state index is 11.6. The highest BCUT2D eigenvalue weighted by atomic mass is 16.1. The normalized spacial score (nSPS) is 11.2. The molecule has 0 aromatic rings. The van der Waals surface area contributed by atoms with E-state index in [1.54, 1.807) is 0 Å². The fourth-order valence-corrected chi connectivity index (χ4v) is 1.94. The molecule has 0 atom stereocenters. The number of nitrogens with one attached hydrogen (secondary N) is 1. The predicted molar refractivity (Wildman–Crippen MR) is 77.8 cm³/mol. The third-order valence-electron chi connectivity index (χ3n) is 2.84. The Morgan fingerprint density at radius 1 is 1.00 bits per heavy atom. The van der Waals surface area contributed by atoms with Gasteiger partial charge in [0.1, 0.15) is 0 Å². The molecule has 0 aromatic heterocycles. The van der Waals surface area contributed by atoms with Gasteiger partial charge in [-0.25, -0.2) is 0 Å². The molecule has 18 heavy (non-hydrogen) atoms. The first-order chi connectivity index (χ1) is 8.60. The van der Waals surface area contributed by atoms with E-state index in [4.69, 9.17) is 0 Å². The van der Waals surface area contributed by atoms with Gasteiger partial charge in [0, 0.05) is 19.5 Å². The molecule has 0 saturated heterocycles. The van der Waals surface area contributed by atoms with E-state index in [0.717, 1.165) is 52.0 Å². The van der Waals surface area contributed by atoms with E-state index in [2.05, 4.69) is 43.1 Å². The van der Waals surface area contributed by atoms with E-state index in [-0.39, 0.29) is 5.91 Å². The molecule has 108 valence electrons. The van der Waals surface area contributed by atoms with Crippen LogP contribution in [0.25, 0.3) is 0 Å². The Labute approximate surface area is 113 Å². The fraction of sp³-hybridized carbons (Fsp3) is 0.929. The lowest BCUT2D eigenvalue weighted by atomic mass is 10.3. The first-order valence-corrected chi connectivity index (χ1v) is 7.23. The Morgan fingerprint density at radius 3 is 2.11 bits per heavy atom. The molecule has 0 aliphatic rings. The second kappa shape index (κ2) is 11.5. The molecule has 4 nitrogen and oxygen atoms in total. The largest absolute Gasteiger partial charge is 0.356 e. The molecule has 1 amide bonds. The van der Waals surface area contributed by atoms with Crippen LogP contribution in [0.5, 0.6) is 0 Å². The molecule has 0 spiro atoms. The van der Waals surface area contributed by atoms with Crippen molar-refractivity contribution < 1.29 is 4.79 Å². The van der Waals surface area contributed by atoms with Gasteiger partial charge in [0.2, 0.25) is 5.91 Å². The third kappa shape index (κ3) is 10.5. The van der Waals surface area contributed by atoms with Crippen LogP contribution in [0.2, 0.25) is 0 Å². The lowest BCUT2D eigenvalue weighted by Crippen LogP contribution is -2.33. The lowest BCUT2D eigenvalue weighted by Gasteiger charge is -2.20. The van der Waals surface area contributed by atoms with Crippen molar-refractivity contribution >= 4 is 5.91 Å². The monoisotopic (exact) mass is 257 g/mol. The smallest absolute Gasteiger partial charge is 0.221 e. The number of carbonyl (C=O) groups excluding carboxylic acids is 1. The molecule has 0 aliphatic heterocycles. The summed E-state index contributed by atoms with van der Waals surface area (Å²) < 4.78 is 0. The molecule has 1 N–H and O–H groups in total. The Morgan fingerprint density at radius 2 is 1.61 bits per heavy atom. The van der Waals surface area contributed by atoms with Gasteiger partial charge in [-0.15, -0.1) is 0 Å². The molecule has 4 heteroatoms. The Bertz CT molecular complexity index is 201. The van der Waals surface area contributed by atoms with Crippen molar-refractivity contribution in [3.05, 3.63) is 0 Å². The van der Waals surface area contributed by atoms with Gasteiger partial charge in [0.25, 0.3) is 0 Å². The average Bonchev–Trinajstić information content (AvgIpc) is 2.32. The maximum Gasteiger partial charge on any atom is 0.221 e. The van der Waals surface area contributed by atoms with Gasteiger partial charge in [-0.05, 0) is 53.0 Å². The van der Waals surface area contributed by atoms with Crippen LogP contribution < -0.4 is 5.32 Å². The average molecular weight is 257 g/mol. The highest BCUT2D eigenvalue weighted by Crippen LogP contribution is 1.96.